The fourth-order valence-corrected chi connectivity index (χ4v) is 3.86. The molecule has 0 aliphatic rings. The van der Waals surface area contributed by atoms with Crippen molar-refractivity contribution in [3.05, 3.63) is 59.7 Å². The number of nitrogens with two attached hydrogens (primary N) is 1. The first-order chi connectivity index (χ1) is 11.9. The van der Waals surface area contributed by atoms with Gasteiger partial charge < -0.3 is 5.73 Å². The van der Waals surface area contributed by atoms with E-state index in [4.69, 9.17) is 5.73 Å². The normalized spacial score (nSPS) is 12.9. The molecule has 0 spiro atoms. The largest absolute Gasteiger partial charge is 0.368 e. The van der Waals surface area contributed by atoms with Crippen molar-refractivity contribution in [3.8, 4) is 0 Å². The van der Waals surface area contributed by atoms with Crippen molar-refractivity contribution in [3.63, 3.8) is 0 Å². The first-order valence-electron chi connectivity index (χ1n) is 7.91. The third kappa shape index (κ3) is 2.91. The third-order valence-electron chi connectivity index (χ3n) is 4.03. The molecule has 0 unspecified atom stereocenters. The molecule has 0 radical (unpaired) electrons. The van der Waals surface area contributed by atoms with Crippen LogP contribution in [0.25, 0.3) is 11.0 Å². The molecule has 0 atom stereocenters. The quantitative estimate of drug-likeness (QED) is 0.728. The monoisotopic (exact) mass is 356 g/mol. The molecule has 0 fully saturated rings. The molecule has 3 rings (SSSR count). The summed E-state index contributed by atoms with van der Waals surface area (Å²) in [5.74, 6) is -0.0319. The fourth-order valence-electron chi connectivity index (χ4n) is 2.72. The Kier molecular flexibility index (Phi) is 4.34. The number of nitrogen functional groups attached to an aromatic ring is 1. The molecule has 25 heavy (non-hydrogen) atoms. The van der Waals surface area contributed by atoms with E-state index in [0.29, 0.717) is 11.0 Å². The lowest BCUT2D eigenvalue weighted by Crippen LogP contribution is -2.23. The zero-order chi connectivity index (χ0) is 18.2. The number of anilines is 1. The van der Waals surface area contributed by atoms with Gasteiger partial charge in [0.25, 0.3) is 0 Å². The number of aliphatic imine (C=N–C) groups is 1. The van der Waals surface area contributed by atoms with Gasteiger partial charge in [-0.2, -0.15) is 0 Å². The summed E-state index contributed by atoms with van der Waals surface area (Å²) >= 11 is 0. The number of imidazole rings is 1. The topological polar surface area (TPSA) is 90.3 Å². The summed E-state index contributed by atoms with van der Waals surface area (Å²) in [6, 6.07) is 15.1. The molecular weight excluding hydrogens is 336 g/mol. The average Bonchev–Trinajstić information content (AvgIpc) is 2.92. The molecule has 7 heteroatoms. The highest BCUT2D eigenvalue weighted by atomic mass is 32.2. The fraction of sp³-hybridized carbons (Fsp3) is 0.222. The summed E-state index contributed by atoms with van der Waals surface area (Å²) in [5.41, 5.74) is 9.42. The van der Waals surface area contributed by atoms with Gasteiger partial charge in [0.2, 0.25) is 16.0 Å². The lowest BCUT2D eigenvalue weighted by atomic mass is 10.0. The smallest absolute Gasteiger partial charge is 0.244 e. The second kappa shape index (κ2) is 6.33. The van der Waals surface area contributed by atoms with Crippen LogP contribution in [-0.2, 0) is 10.0 Å². The van der Waals surface area contributed by atoms with Gasteiger partial charge in [0, 0.05) is 18.2 Å². The first-order valence-corrected chi connectivity index (χ1v) is 9.41. The van der Waals surface area contributed by atoms with Gasteiger partial charge in [0.1, 0.15) is 0 Å². The zero-order valence-electron chi connectivity index (χ0n) is 14.3. The molecule has 1 aromatic heterocycles. The Morgan fingerprint density at radius 2 is 1.80 bits per heavy atom. The third-order valence-corrected chi connectivity index (χ3v) is 6.12. The molecule has 0 aliphatic heterocycles. The summed E-state index contributed by atoms with van der Waals surface area (Å²) in [5, 5.41) is -0.607. The molecular formula is C18H20N4O2S. The van der Waals surface area contributed by atoms with Gasteiger partial charge in [-0.3, -0.25) is 4.99 Å². The van der Waals surface area contributed by atoms with Crippen molar-refractivity contribution in [2.24, 2.45) is 4.99 Å². The first kappa shape index (κ1) is 17.2. The SMILES string of the molecule is CN=C(c1ccccc1)c1ccc2nc(N)n(S(=O)(=O)C(C)C)c2c1. The highest BCUT2D eigenvalue weighted by molar-refractivity contribution is 7.90. The maximum Gasteiger partial charge on any atom is 0.244 e. The van der Waals surface area contributed by atoms with Crippen molar-refractivity contribution >= 4 is 32.7 Å². The Morgan fingerprint density at radius 1 is 1.12 bits per heavy atom. The van der Waals surface area contributed by atoms with Crippen LogP contribution in [0.2, 0.25) is 0 Å². The maximum absolute atomic E-state index is 12.7. The second-order valence-corrected chi connectivity index (χ2v) is 8.31. The Morgan fingerprint density at radius 3 is 2.40 bits per heavy atom. The van der Waals surface area contributed by atoms with E-state index in [1.165, 1.54) is 0 Å². The summed E-state index contributed by atoms with van der Waals surface area (Å²) in [6.07, 6.45) is 0. The Hall–Kier alpha value is -2.67. The van der Waals surface area contributed by atoms with Crippen LogP contribution in [0, 0.1) is 0 Å². The van der Waals surface area contributed by atoms with Gasteiger partial charge in [-0.05, 0) is 26.0 Å². The molecule has 0 aliphatic carbocycles. The van der Waals surface area contributed by atoms with Crippen molar-refractivity contribution in [2.75, 3.05) is 12.8 Å². The Labute approximate surface area is 147 Å². The summed E-state index contributed by atoms with van der Waals surface area (Å²) < 4.78 is 26.4. The van der Waals surface area contributed by atoms with E-state index < -0.39 is 15.3 Å². The minimum absolute atomic E-state index is 0.0319. The molecule has 3 aromatic rings. The van der Waals surface area contributed by atoms with Gasteiger partial charge >= 0.3 is 0 Å². The predicted octanol–water partition coefficient (Wildman–Crippen LogP) is 2.67. The van der Waals surface area contributed by atoms with Crippen molar-refractivity contribution in [1.29, 1.82) is 0 Å². The number of fused-ring (bicyclic) bond motifs is 1. The number of hydrogen-bond donors (Lipinski definition) is 1. The number of nitrogens with zero attached hydrogens (tertiary/aromatic N) is 3. The minimum atomic E-state index is -3.62. The van der Waals surface area contributed by atoms with Crippen molar-refractivity contribution in [1.82, 2.24) is 8.96 Å². The van der Waals surface area contributed by atoms with Crippen LogP contribution in [0.15, 0.2) is 53.5 Å². The van der Waals surface area contributed by atoms with Gasteiger partial charge in [-0.15, -0.1) is 0 Å². The molecule has 1 heterocycles. The Balaban J connectivity index is 2.24. The Bertz CT molecular complexity index is 1050. The van der Waals surface area contributed by atoms with E-state index in [9.17, 15) is 8.42 Å². The van der Waals surface area contributed by atoms with Crippen LogP contribution in [0.3, 0.4) is 0 Å². The molecule has 130 valence electrons. The van der Waals surface area contributed by atoms with Crippen molar-refractivity contribution in [2.45, 2.75) is 19.1 Å². The highest BCUT2D eigenvalue weighted by Crippen LogP contribution is 2.24. The van der Waals surface area contributed by atoms with E-state index in [1.54, 1.807) is 33.0 Å². The summed E-state index contributed by atoms with van der Waals surface area (Å²) in [7, 11) is -1.90. The second-order valence-electron chi connectivity index (χ2n) is 5.97. The van der Waals surface area contributed by atoms with Gasteiger partial charge in [-0.1, -0.05) is 36.4 Å². The number of aromatic nitrogens is 2. The summed E-state index contributed by atoms with van der Waals surface area (Å²) in [4.78, 5) is 8.56. The summed E-state index contributed by atoms with van der Waals surface area (Å²) in [6.45, 7) is 3.24. The lowest BCUT2D eigenvalue weighted by molar-refractivity contribution is 0.580. The number of rotatable bonds is 4. The maximum atomic E-state index is 12.7. The number of benzene rings is 2. The molecule has 0 saturated heterocycles. The molecule has 0 bridgehead atoms. The van der Waals surface area contributed by atoms with E-state index >= 15 is 0 Å². The van der Waals surface area contributed by atoms with E-state index in [2.05, 4.69) is 9.98 Å². The van der Waals surface area contributed by atoms with Gasteiger partial charge in [-0.25, -0.2) is 17.4 Å². The highest BCUT2D eigenvalue weighted by Gasteiger charge is 2.24. The van der Waals surface area contributed by atoms with Gasteiger partial charge in [0.05, 0.1) is 22.0 Å². The zero-order valence-corrected chi connectivity index (χ0v) is 15.2. The van der Waals surface area contributed by atoms with E-state index in [1.807, 2.05) is 36.4 Å². The standard InChI is InChI=1S/C18H20N4O2S/c1-12(2)25(23,24)22-16-11-14(9-10-15(16)21-18(22)19)17(20-3)13-7-5-4-6-8-13/h4-12H,1-3H3,(H2,19,21). The minimum Gasteiger partial charge on any atom is -0.368 e. The number of hydrogen-bond acceptors (Lipinski definition) is 5. The average molecular weight is 356 g/mol. The molecule has 0 amide bonds. The molecule has 0 saturated carbocycles. The van der Waals surface area contributed by atoms with Crippen LogP contribution < -0.4 is 5.73 Å². The van der Waals surface area contributed by atoms with Crippen LogP contribution in [-0.4, -0.2) is 35.4 Å². The predicted molar refractivity (Wildman–Crippen MR) is 102 cm³/mol. The van der Waals surface area contributed by atoms with Crippen LogP contribution in [0.5, 0.6) is 0 Å². The molecule has 2 N–H and O–H groups in total. The van der Waals surface area contributed by atoms with Crippen LogP contribution >= 0.6 is 0 Å². The van der Waals surface area contributed by atoms with Crippen LogP contribution in [0.1, 0.15) is 25.0 Å². The molecule has 2 aromatic carbocycles. The van der Waals surface area contributed by atoms with E-state index in [-0.39, 0.29) is 5.95 Å². The van der Waals surface area contributed by atoms with Crippen molar-refractivity contribution < 1.29 is 8.42 Å². The van der Waals surface area contributed by atoms with Crippen LogP contribution in [0.4, 0.5) is 5.95 Å². The molecule has 6 nitrogen and oxygen atoms in total. The van der Waals surface area contributed by atoms with Gasteiger partial charge in [0.15, 0.2) is 0 Å². The van der Waals surface area contributed by atoms with E-state index in [0.717, 1.165) is 20.8 Å². The lowest BCUT2D eigenvalue weighted by Gasteiger charge is -2.12.